The molecule has 90 heavy (non-hydrogen) atoms. The smallest absolute Gasteiger partial charge is 0.0875 e. The van der Waals surface area contributed by atoms with Gasteiger partial charge in [0.05, 0.1) is 29.9 Å². The predicted molar refractivity (Wildman–Crippen MR) is 414 cm³/mol. The van der Waals surface area contributed by atoms with Crippen LogP contribution in [0.3, 0.4) is 0 Å². The molecule has 0 fully saturated rings. The van der Waals surface area contributed by atoms with E-state index in [4.69, 9.17) is 0 Å². The number of anilines is 1. The van der Waals surface area contributed by atoms with Gasteiger partial charge in [0.15, 0.2) is 0 Å². The monoisotopic (exact) mass is 1270 g/mol. The molecule has 4 heteroatoms. The summed E-state index contributed by atoms with van der Waals surface area (Å²) in [5.41, 5.74) is 7.41. The number of hydrogen-bond acceptors (Lipinski definition) is 1. The van der Waals surface area contributed by atoms with E-state index < -0.39 is 24.2 Å². The van der Waals surface area contributed by atoms with Gasteiger partial charge in [-0.3, -0.25) is 0 Å². The van der Waals surface area contributed by atoms with Gasteiger partial charge in [-0.15, -0.1) is 0 Å². The zero-order chi connectivity index (χ0) is 63.5. The second-order valence-corrected chi connectivity index (χ2v) is 36.8. The minimum absolute atomic E-state index is 1.07. The van der Waals surface area contributed by atoms with E-state index in [1.807, 2.05) is 0 Å². The number of benzene rings is 6. The Morgan fingerprint density at radius 2 is 0.489 bits per heavy atom. The van der Waals surface area contributed by atoms with E-state index in [0.717, 1.165) is 0 Å². The highest BCUT2D eigenvalue weighted by Crippen LogP contribution is 2.58. The summed E-state index contributed by atoms with van der Waals surface area (Å²) in [6, 6.07) is 60.6. The molecular formula is C86H133NP2Si. The van der Waals surface area contributed by atoms with Crippen molar-refractivity contribution in [2.75, 3.05) is 4.44 Å². The molecule has 6 aromatic rings. The van der Waals surface area contributed by atoms with E-state index in [9.17, 15) is 0 Å². The van der Waals surface area contributed by atoms with E-state index >= 15 is 0 Å². The summed E-state index contributed by atoms with van der Waals surface area (Å²) in [6.07, 6.45) is 56.0. The summed E-state index contributed by atoms with van der Waals surface area (Å²) >= 11 is 0. The number of hydrogen-bond donors (Lipinski definition) is 0. The summed E-state index contributed by atoms with van der Waals surface area (Å²) in [6.45, 7) is 16.6. The molecule has 0 spiro atoms. The molecule has 0 N–H and O–H groups in total. The van der Waals surface area contributed by atoms with Gasteiger partial charge in [0.1, 0.15) is 0 Å². The van der Waals surface area contributed by atoms with E-state index in [-0.39, 0.29) is 0 Å². The van der Waals surface area contributed by atoms with Gasteiger partial charge in [-0.2, -0.15) is 0 Å². The zero-order valence-corrected chi connectivity index (χ0v) is 62.2. The van der Waals surface area contributed by atoms with Crippen LogP contribution in [0.5, 0.6) is 0 Å². The number of fused-ring (bicyclic) bond motifs is 1. The predicted octanol–water partition coefficient (Wildman–Crippen LogP) is 26.5. The first-order valence-corrected chi connectivity index (χ1v) is 43.9. The highest BCUT2D eigenvalue weighted by Gasteiger charge is 2.38. The summed E-state index contributed by atoms with van der Waals surface area (Å²) in [7, 11) is -4.05. The molecule has 0 aliphatic rings. The third kappa shape index (κ3) is 26.3. The number of rotatable bonds is 53. The number of aryl methyl sites for hydroxylation is 4. The lowest BCUT2D eigenvalue weighted by molar-refractivity contribution is 0.575. The van der Waals surface area contributed by atoms with Crippen molar-refractivity contribution >= 4 is 67.1 Å². The topological polar surface area (TPSA) is 3.24 Å². The van der Waals surface area contributed by atoms with Crippen LogP contribution >= 0.6 is 16.1 Å². The molecule has 0 amide bonds. The molecule has 0 bridgehead atoms. The fourth-order valence-corrected chi connectivity index (χ4v) is 26.2. The summed E-state index contributed by atoms with van der Waals surface area (Å²) in [5.74, 6) is 0. The lowest BCUT2D eigenvalue weighted by atomic mass is 10.0. The van der Waals surface area contributed by atoms with Crippen LogP contribution in [-0.2, 0) is 25.7 Å². The minimum Gasteiger partial charge on any atom is -0.312 e. The highest BCUT2D eigenvalue weighted by atomic mass is 31.2. The van der Waals surface area contributed by atoms with Crippen molar-refractivity contribution < 1.29 is 0 Å². The first-order chi connectivity index (χ1) is 44.4. The third-order valence-electron chi connectivity index (χ3n) is 20.1. The van der Waals surface area contributed by atoms with Crippen LogP contribution in [0.4, 0.5) is 5.69 Å². The average molecular weight is 1270 g/mol. The van der Waals surface area contributed by atoms with E-state index in [0.29, 0.717) is 0 Å². The molecule has 0 aliphatic carbocycles. The van der Waals surface area contributed by atoms with E-state index in [2.05, 4.69) is 186 Å². The fraction of sp³-hybridized carbons (Fsp3) is 0.605. The van der Waals surface area contributed by atoms with Gasteiger partial charge in [0.25, 0.3) is 0 Å². The Morgan fingerprint density at radius 3 is 0.756 bits per heavy atom. The highest BCUT2D eigenvalue weighted by molar-refractivity contribution is 7.90. The van der Waals surface area contributed by atoms with Crippen molar-refractivity contribution in [2.45, 2.75) is 336 Å². The van der Waals surface area contributed by atoms with Crippen LogP contribution in [0, 0.1) is 0 Å². The molecule has 6 rings (SSSR count). The maximum atomic E-state index is 3.09. The molecule has 0 saturated heterocycles. The van der Waals surface area contributed by atoms with Crippen molar-refractivity contribution in [2.24, 2.45) is 0 Å². The standard InChI is InChI=1S/C86H133NP2Si/c1-8-15-22-26-30-34-38-42-48-75-54-62-79(63-55-75)88(80-64-56-76(57-65-80)49-43-39-35-31-27-23-16-9-2)87(85-70-71-86(84-53-47-46-52-83(84)85)90(72-19-12-5,73-20-13-6)74-21-14-7)89(81-66-58-77(59-67-81)50-44-40-36-32-28-24-17-10-3)82-68-60-78(61-69-82)51-45-41-37-33-29-25-18-11-4/h46-47,52-71H,8-45,48-51,72-74H2,1-7H3. The van der Waals surface area contributed by atoms with Crippen LogP contribution < -0.4 is 30.8 Å². The Morgan fingerprint density at radius 1 is 0.244 bits per heavy atom. The second kappa shape index (κ2) is 46.5. The molecule has 1 nitrogen and oxygen atoms in total. The molecule has 0 saturated carbocycles. The number of unbranched alkanes of at least 4 members (excludes halogenated alkanes) is 31. The van der Waals surface area contributed by atoms with Crippen molar-refractivity contribution in [1.29, 1.82) is 0 Å². The zero-order valence-electron chi connectivity index (χ0n) is 59.4. The lowest BCUT2D eigenvalue weighted by Crippen LogP contribution is -2.48. The lowest BCUT2D eigenvalue weighted by Gasteiger charge is -2.42. The fourth-order valence-electron chi connectivity index (χ4n) is 14.4. The maximum Gasteiger partial charge on any atom is 0.0875 e. The molecule has 0 aliphatic heterocycles. The molecule has 0 heterocycles. The summed E-state index contributed by atoms with van der Waals surface area (Å²) in [5, 5.41) is 10.6. The summed E-state index contributed by atoms with van der Waals surface area (Å²) < 4.78 is 3.09. The van der Waals surface area contributed by atoms with E-state index in [1.165, 1.54) is 342 Å². The normalized spacial score (nSPS) is 11.9. The Balaban J connectivity index is 1.53. The molecule has 6 aromatic carbocycles. The van der Waals surface area contributed by atoms with Crippen LogP contribution in [0.25, 0.3) is 10.8 Å². The first kappa shape index (κ1) is 75.5. The third-order valence-corrected chi connectivity index (χ3v) is 31.0. The minimum atomic E-state index is -1.90. The van der Waals surface area contributed by atoms with Gasteiger partial charge in [-0.1, -0.05) is 417 Å². The van der Waals surface area contributed by atoms with Crippen LogP contribution in [0.1, 0.15) is 315 Å². The van der Waals surface area contributed by atoms with Crippen molar-refractivity contribution in [3.8, 4) is 0 Å². The van der Waals surface area contributed by atoms with Crippen LogP contribution in [0.2, 0.25) is 18.1 Å². The second-order valence-electron chi connectivity index (χ2n) is 27.7. The van der Waals surface area contributed by atoms with Crippen molar-refractivity contribution in [1.82, 2.24) is 0 Å². The Hall–Kier alpha value is -3.54. The summed E-state index contributed by atoms with van der Waals surface area (Å²) in [4.78, 5) is 0. The largest absolute Gasteiger partial charge is 0.312 e. The Kier molecular flexibility index (Phi) is 39.0. The first-order valence-electron chi connectivity index (χ1n) is 38.7. The van der Waals surface area contributed by atoms with Gasteiger partial charge in [-0.05, 0) is 85.1 Å². The van der Waals surface area contributed by atoms with Crippen molar-refractivity contribution in [3.05, 3.63) is 156 Å². The van der Waals surface area contributed by atoms with Gasteiger partial charge >= 0.3 is 0 Å². The van der Waals surface area contributed by atoms with Crippen molar-refractivity contribution in [3.63, 3.8) is 0 Å². The molecule has 496 valence electrons. The van der Waals surface area contributed by atoms with Crippen LogP contribution in [0.15, 0.2) is 133 Å². The quantitative estimate of drug-likeness (QED) is 0.0209. The molecular weight excluding hydrogens is 1140 g/mol. The van der Waals surface area contributed by atoms with Crippen LogP contribution in [-0.4, -0.2) is 8.07 Å². The van der Waals surface area contributed by atoms with Gasteiger partial charge in [-0.25, -0.2) is 0 Å². The molecule has 0 aromatic heterocycles. The molecule has 0 radical (unpaired) electrons. The van der Waals surface area contributed by atoms with Gasteiger partial charge in [0, 0.05) is 26.6 Å². The Bertz CT molecular complexity index is 2430. The van der Waals surface area contributed by atoms with Gasteiger partial charge in [0.2, 0.25) is 0 Å². The molecule has 0 unspecified atom stereocenters. The molecule has 0 atom stereocenters. The maximum absolute atomic E-state index is 3.09. The number of nitrogens with zero attached hydrogens (tertiary/aromatic N) is 1. The van der Waals surface area contributed by atoms with E-state index in [1.54, 1.807) is 10.6 Å². The SMILES string of the molecule is CCCCCCCCCCc1ccc(P(c2ccc(CCCCCCCCCC)cc2)N(c2ccc([Si](CCCC)(CCCC)CCCC)c3ccccc23)P(c2ccc(CCCCCCCCCC)cc2)c2ccc(CCCCCCCCCC)cc2)cc1. The Labute approximate surface area is 560 Å². The van der Waals surface area contributed by atoms with Gasteiger partial charge < -0.3 is 4.44 Å². The average Bonchev–Trinajstić information content (AvgIpc) is 0.866.